The van der Waals surface area contributed by atoms with Crippen molar-refractivity contribution in [3.63, 3.8) is 0 Å². The fourth-order valence-corrected chi connectivity index (χ4v) is 1.79. The molecule has 0 unspecified atom stereocenters. The third-order valence-corrected chi connectivity index (χ3v) is 2.51. The van der Waals surface area contributed by atoms with E-state index in [1.807, 2.05) is 0 Å². The zero-order valence-electron chi connectivity index (χ0n) is 9.97. The first-order chi connectivity index (χ1) is 8.32. The molecule has 0 aromatic rings. The highest BCUT2D eigenvalue weighted by atomic mass is 19.3. The van der Waals surface area contributed by atoms with Crippen molar-refractivity contribution in [2.24, 2.45) is 5.92 Å². The standard InChI is InChI=1S/C10H13BF2O5/c1-4(14)16-3-6-7(10(12)13)8(9(11)18-6)17-5(2)15/h6-10H,3H2,1-2H3/t6-,7-,8-,9-/m1/s1. The predicted molar refractivity (Wildman–Crippen MR) is 56.1 cm³/mol. The Morgan fingerprint density at radius 3 is 2.39 bits per heavy atom. The number of alkyl halides is 2. The fourth-order valence-electron chi connectivity index (χ4n) is 1.79. The Morgan fingerprint density at radius 2 is 1.94 bits per heavy atom. The lowest BCUT2D eigenvalue weighted by molar-refractivity contribution is -0.152. The smallest absolute Gasteiger partial charge is 0.302 e. The summed E-state index contributed by atoms with van der Waals surface area (Å²) in [6, 6.07) is -1.16. The topological polar surface area (TPSA) is 61.8 Å². The average molecular weight is 262 g/mol. The van der Waals surface area contributed by atoms with E-state index >= 15 is 0 Å². The molecule has 0 bridgehead atoms. The minimum atomic E-state index is -2.80. The largest absolute Gasteiger partial charge is 0.463 e. The van der Waals surface area contributed by atoms with Crippen LogP contribution in [0.4, 0.5) is 8.78 Å². The van der Waals surface area contributed by atoms with Gasteiger partial charge in [-0.05, 0) is 0 Å². The van der Waals surface area contributed by atoms with Crippen LogP contribution < -0.4 is 0 Å². The summed E-state index contributed by atoms with van der Waals surface area (Å²) in [5.41, 5.74) is 0. The number of carbonyl (C=O) groups excluding carboxylic acids is 2. The van der Waals surface area contributed by atoms with Crippen molar-refractivity contribution in [3.8, 4) is 0 Å². The van der Waals surface area contributed by atoms with Gasteiger partial charge >= 0.3 is 11.9 Å². The number of ether oxygens (including phenoxy) is 3. The maximum Gasteiger partial charge on any atom is 0.302 e. The molecular formula is C10H13BF2O5. The van der Waals surface area contributed by atoms with Gasteiger partial charge in [-0.3, -0.25) is 9.59 Å². The normalized spacial score (nSPS) is 31.4. The van der Waals surface area contributed by atoms with Crippen molar-refractivity contribution in [2.75, 3.05) is 6.61 Å². The second kappa shape index (κ2) is 6.13. The van der Waals surface area contributed by atoms with Gasteiger partial charge in [0.15, 0.2) is 0 Å². The Kier molecular flexibility index (Phi) is 5.07. The summed E-state index contributed by atoms with van der Waals surface area (Å²) in [6.07, 6.45) is -5.14. The highest BCUT2D eigenvalue weighted by Crippen LogP contribution is 2.33. The molecule has 18 heavy (non-hydrogen) atoms. The number of esters is 2. The monoisotopic (exact) mass is 262 g/mol. The summed E-state index contributed by atoms with van der Waals surface area (Å²) in [6.45, 7) is 1.89. The lowest BCUT2D eigenvalue weighted by Crippen LogP contribution is -2.38. The van der Waals surface area contributed by atoms with E-state index < -0.39 is 42.5 Å². The van der Waals surface area contributed by atoms with E-state index in [4.69, 9.17) is 17.3 Å². The van der Waals surface area contributed by atoms with Crippen molar-refractivity contribution in [2.45, 2.75) is 38.5 Å². The molecule has 1 heterocycles. The highest BCUT2D eigenvalue weighted by Gasteiger charge is 2.49. The van der Waals surface area contributed by atoms with Crippen LogP contribution in [0.15, 0.2) is 0 Å². The maximum absolute atomic E-state index is 12.9. The average Bonchev–Trinajstić information content (AvgIpc) is 2.52. The Hall–Kier alpha value is -1.18. The predicted octanol–water partition coefficient (Wildman–Crippen LogP) is 0.256. The van der Waals surface area contributed by atoms with Gasteiger partial charge in [0, 0.05) is 13.8 Å². The number of hydrogen-bond acceptors (Lipinski definition) is 5. The molecule has 4 atom stereocenters. The minimum Gasteiger partial charge on any atom is -0.463 e. The van der Waals surface area contributed by atoms with Gasteiger partial charge in [-0.2, -0.15) is 0 Å². The van der Waals surface area contributed by atoms with Crippen molar-refractivity contribution < 1.29 is 32.6 Å². The fraction of sp³-hybridized carbons (Fsp3) is 0.800. The number of rotatable bonds is 4. The molecule has 1 fully saturated rings. The molecule has 2 radical (unpaired) electrons. The van der Waals surface area contributed by atoms with Crippen LogP contribution in [0.25, 0.3) is 0 Å². The zero-order valence-corrected chi connectivity index (χ0v) is 9.97. The molecule has 0 spiro atoms. The summed E-state index contributed by atoms with van der Waals surface area (Å²) in [4.78, 5) is 21.5. The third kappa shape index (κ3) is 3.66. The summed E-state index contributed by atoms with van der Waals surface area (Å²) < 4.78 is 40.2. The van der Waals surface area contributed by atoms with E-state index in [2.05, 4.69) is 4.74 Å². The van der Waals surface area contributed by atoms with Gasteiger partial charge in [-0.25, -0.2) is 8.78 Å². The number of halogens is 2. The number of carbonyl (C=O) groups is 2. The van der Waals surface area contributed by atoms with Crippen molar-refractivity contribution in [1.82, 2.24) is 0 Å². The molecule has 8 heteroatoms. The first kappa shape index (κ1) is 14.9. The van der Waals surface area contributed by atoms with Gasteiger partial charge in [0.25, 0.3) is 0 Å². The molecule has 1 aliphatic rings. The molecule has 5 nitrogen and oxygen atoms in total. The van der Waals surface area contributed by atoms with E-state index in [9.17, 15) is 18.4 Å². The van der Waals surface area contributed by atoms with Gasteiger partial charge in [0.05, 0.1) is 11.9 Å². The van der Waals surface area contributed by atoms with Crippen LogP contribution in [0, 0.1) is 5.92 Å². The summed E-state index contributed by atoms with van der Waals surface area (Å²) >= 11 is 0. The Morgan fingerprint density at radius 1 is 1.33 bits per heavy atom. The first-order valence-electron chi connectivity index (χ1n) is 5.32. The van der Waals surface area contributed by atoms with Crippen molar-refractivity contribution in [1.29, 1.82) is 0 Å². The molecule has 100 valence electrons. The van der Waals surface area contributed by atoms with Crippen LogP contribution in [0.1, 0.15) is 13.8 Å². The van der Waals surface area contributed by atoms with E-state index in [0.717, 1.165) is 13.8 Å². The van der Waals surface area contributed by atoms with E-state index in [0.29, 0.717) is 0 Å². The van der Waals surface area contributed by atoms with Crippen LogP contribution in [-0.2, 0) is 23.8 Å². The van der Waals surface area contributed by atoms with E-state index in [-0.39, 0.29) is 6.61 Å². The lowest BCUT2D eigenvalue weighted by atomic mass is 9.87. The van der Waals surface area contributed by atoms with Crippen LogP contribution >= 0.6 is 0 Å². The second-order valence-corrected chi connectivity index (χ2v) is 3.93. The van der Waals surface area contributed by atoms with Gasteiger partial charge in [-0.15, -0.1) is 0 Å². The summed E-state index contributed by atoms with van der Waals surface area (Å²) in [5.74, 6) is -2.75. The molecule has 1 rings (SSSR count). The minimum absolute atomic E-state index is 0.351. The van der Waals surface area contributed by atoms with E-state index in [1.54, 1.807) is 0 Å². The third-order valence-electron chi connectivity index (χ3n) is 2.51. The molecule has 1 saturated heterocycles. The van der Waals surface area contributed by atoms with Gasteiger partial charge in [0.2, 0.25) is 6.43 Å². The SMILES string of the molecule is [B][C@@H]1O[C@H](COC(C)=O)[C@@H](C(F)F)[C@H]1OC(C)=O. The molecule has 0 aromatic carbocycles. The van der Waals surface area contributed by atoms with Crippen LogP contribution in [-0.4, -0.2) is 51.0 Å². The molecule has 0 aromatic heterocycles. The Bertz CT molecular complexity index is 325. The molecule has 0 saturated carbocycles. The van der Waals surface area contributed by atoms with Gasteiger partial charge in [0.1, 0.15) is 26.7 Å². The van der Waals surface area contributed by atoms with Crippen molar-refractivity contribution >= 4 is 19.8 Å². The molecule has 1 aliphatic heterocycles. The van der Waals surface area contributed by atoms with E-state index in [1.165, 1.54) is 0 Å². The lowest BCUT2D eigenvalue weighted by Gasteiger charge is -2.22. The molecule has 0 amide bonds. The quantitative estimate of drug-likeness (QED) is 0.537. The molecule has 0 aliphatic carbocycles. The highest BCUT2D eigenvalue weighted by molar-refractivity contribution is 6.11. The Labute approximate surface area is 104 Å². The summed E-state index contributed by atoms with van der Waals surface area (Å²) in [7, 11) is 5.48. The number of hydrogen-bond donors (Lipinski definition) is 0. The Balaban J connectivity index is 2.74. The van der Waals surface area contributed by atoms with Crippen molar-refractivity contribution in [3.05, 3.63) is 0 Å². The molecule has 0 N–H and O–H groups in total. The summed E-state index contributed by atoms with van der Waals surface area (Å²) in [5, 5.41) is 0. The van der Waals surface area contributed by atoms with Crippen LogP contribution in [0.5, 0.6) is 0 Å². The first-order valence-corrected chi connectivity index (χ1v) is 5.32. The zero-order chi connectivity index (χ0) is 13.9. The second-order valence-electron chi connectivity index (χ2n) is 3.93. The van der Waals surface area contributed by atoms with Gasteiger partial charge in [-0.1, -0.05) is 0 Å². The van der Waals surface area contributed by atoms with Crippen LogP contribution in [0.3, 0.4) is 0 Å². The van der Waals surface area contributed by atoms with Gasteiger partial charge < -0.3 is 14.2 Å². The van der Waals surface area contributed by atoms with Crippen LogP contribution in [0.2, 0.25) is 0 Å². The molecular weight excluding hydrogens is 249 g/mol. The maximum atomic E-state index is 12.9.